The number of benzene rings is 1. The summed E-state index contributed by atoms with van der Waals surface area (Å²) in [6.45, 7) is 2.81. The van der Waals surface area contributed by atoms with Gasteiger partial charge in [-0.1, -0.05) is 31.5 Å². The van der Waals surface area contributed by atoms with E-state index < -0.39 is 0 Å². The number of carbonyl (C=O) groups is 1. The molecule has 0 radical (unpaired) electrons. The van der Waals surface area contributed by atoms with Crippen LogP contribution in [0.4, 0.5) is 11.5 Å². The Morgan fingerprint density at radius 2 is 2.00 bits per heavy atom. The van der Waals surface area contributed by atoms with E-state index >= 15 is 0 Å². The van der Waals surface area contributed by atoms with Crippen molar-refractivity contribution in [1.29, 1.82) is 0 Å². The molecule has 4 heteroatoms. The first-order valence-corrected chi connectivity index (χ1v) is 6.81. The largest absolute Gasteiger partial charge is 0.384 e. The molecule has 2 rings (SSSR count). The summed E-state index contributed by atoms with van der Waals surface area (Å²) in [6.07, 6.45) is 3.56. The van der Waals surface area contributed by atoms with Crippen LogP contribution in [-0.2, 0) is 0 Å². The molecule has 4 nitrogen and oxygen atoms in total. The van der Waals surface area contributed by atoms with Gasteiger partial charge in [0.05, 0.1) is 0 Å². The molecular weight excluding hydrogens is 250 g/mol. The number of unbranched alkanes of at least 4 members (excludes halogenated alkanes) is 1. The van der Waals surface area contributed by atoms with Crippen LogP contribution >= 0.6 is 0 Å². The van der Waals surface area contributed by atoms with Crippen molar-refractivity contribution >= 4 is 17.4 Å². The van der Waals surface area contributed by atoms with Crippen molar-refractivity contribution in [3.8, 4) is 0 Å². The Kier molecular flexibility index (Phi) is 4.71. The van der Waals surface area contributed by atoms with E-state index in [2.05, 4.69) is 11.9 Å². The van der Waals surface area contributed by atoms with E-state index in [1.165, 1.54) is 0 Å². The van der Waals surface area contributed by atoms with Crippen LogP contribution in [-0.4, -0.2) is 17.4 Å². The molecule has 20 heavy (non-hydrogen) atoms. The number of aromatic nitrogens is 1. The van der Waals surface area contributed by atoms with Crippen LogP contribution in [0.1, 0.15) is 30.1 Å². The normalized spacial score (nSPS) is 10.2. The first kappa shape index (κ1) is 14.1. The van der Waals surface area contributed by atoms with Crippen LogP contribution in [0.5, 0.6) is 0 Å². The molecule has 2 N–H and O–H groups in total. The predicted molar refractivity (Wildman–Crippen MR) is 81.7 cm³/mol. The number of hydrogen-bond donors (Lipinski definition) is 1. The minimum absolute atomic E-state index is 0.0428. The van der Waals surface area contributed by atoms with E-state index in [1.54, 1.807) is 23.2 Å². The summed E-state index contributed by atoms with van der Waals surface area (Å²) in [7, 11) is 0. The van der Waals surface area contributed by atoms with E-state index in [9.17, 15) is 4.79 Å². The van der Waals surface area contributed by atoms with Crippen molar-refractivity contribution in [3.63, 3.8) is 0 Å². The molecule has 104 valence electrons. The van der Waals surface area contributed by atoms with Crippen LogP contribution in [0.15, 0.2) is 48.7 Å². The number of rotatable bonds is 5. The highest BCUT2D eigenvalue weighted by Gasteiger charge is 2.17. The lowest BCUT2D eigenvalue weighted by Gasteiger charge is -2.22. The lowest BCUT2D eigenvalue weighted by molar-refractivity contribution is 0.0986. The van der Waals surface area contributed by atoms with Gasteiger partial charge in [0.1, 0.15) is 5.82 Å². The molecule has 0 aliphatic carbocycles. The van der Waals surface area contributed by atoms with Crippen molar-refractivity contribution < 1.29 is 4.79 Å². The van der Waals surface area contributed by atoms with Crippen LogP contribution < -0.4 is 10.6 Å². The van der Waals surface area contributed by atoms with E-state index in [0.717, 1.165) is 18.5 Å². The minimum atomic E-state index is -0.0428. The van der Waals surface area contributed by atoms with Gasteiger partial charge in [0, 0.05) is 24.0 Å². The first-order chi connectivity index (χ1) is 9.72. The third-order valence-electron chi connectivity index (χ3n) is 3.08. The number of nitrogens with two attached hydrogens (primary N) is 1. The summed E-state index contributed by atoms with van der Waals surface area (Å²) < 4.78 is 0. The van der Waals surface area contributed by atoms with Crippen LogP contribution in [0.2, 0.25) is 0 Å². The van der Waals surface area contributed by atoms with Crippen LogP contribution in [0.25, 0.3) is 0 Å². The van der Waals surface area contributed by atoms with E-state index in [0.29, 0.717) is 17.9 Å². The maximum absolute atomic E-state index is 12.6. The highest BCUT2D eigenvalue weighted by molar-refractivity contribution is 6.06. The number of hydrogen-bond acceptors (Lipinski definition) is 3. The Hall–Kier alpha value is -2.36. The maximum Gasteiger partial charge on any atom is 0.258 e. The highest BCUT2D eigenvalue weighted by Crippen LogP contribution is 2.18. The van der Waals surface area contributed by atoms with Crippen LogP contribution in [0, 0.1) is 0 Å². The topological polar surface area (TPSA) is 59.2 Å². The third kappa shape index (κ3) is 3.35. The lowest BCUT2D eigenvalue weighted by Crippen LogP contribution is -2.32. The number of carbonyl (C=O) groups excluding carboxylic acids is 1. The molecule has 0 atom stereocenters. The van der Waals surface area contributed by atoms with Gasteiger partial charge >= 0.3 is 0 Å². The Morgan fingerprint density at radius 3 is 2.65 bits per heavy atom. The van der Waals surface area contributed by atoms with Gasteiger partial charge in [-0.3, -0.25) is 4.79 Å². The molecule has 0 aliphatic heterocycles. The molecule has 0 fully saturated rings. The van der Waals surface area contributed by atoms with Gasteiger partial charge in [0.25, 0.3) is 5.91 Å². The summed E-state index contributed by atoms with van der Waals surface area (Å²) in [5, 5.41) is 0. The molecule has 2 aromatic rings. The molecule has 1 aromatic carbocycles. The van der Waals surface area contributed by atoms with E-state index in [1.807, 2.05) is 30.3 Å². The molecule has 0 saturated carbocycles. The number of para-hydroxylation sites is 1. The zero-order chi connectivity index (χ0) is 14.4. The Labute approximate surface area is 119 Å². The van der Waals surface area contributed by atoms with Gasteiger partial charge in [-0.2, -0.15) is 0 Å². The molecule has 0 bridgehead atoms. The van der Waals surface area contributed by atoms with Crippen LogP contribution in [0.3, 0.4) is 0 Å². The quantitative estimate of drug-likeness (QED) is 0.907. The molecule has 0 unspecified atom stereocenters. The molecule has 1 aromatic heterocycles. The average Bonchev–Trinajstić information content (AvgIpc) is 2.48. The van der Waals surface area contributed by atoms with Gasteiger partial charge < -0.3 is 10.6 Å². The molecular formula is C16H19N3O. The fraction of sp³-hybridized carbons (Fsp3) is 0.250. The van der Waals surface area contributed by atoms with Gasteiger partial charge in [0.2, 0.25) is 0 Å². The smallest absolute Gasteiger partial charge is 0.258 e. The number of nitrogens with zero attached hydrogens (tertiary/aromatic N) is 2. The second kappa shape index (κ2) is 6.70. The second-order valence-corrected chi connectivity index (χ2v) is 4.62. The van der Waals surface area contributed by atoms with Gasteiger partial charge in [-0.15, -0.1) is 0 Å². The summed E-state index contributed by atoms with van der Waals surface area (Å²) in [5.74, 6) is 0.318. The lowest BCUT2D eigenvalue weighted by atomic mass is 10.2. The van der Waals surface area contributed by atoms with Crippen molar-refractivity contribution in [3.05, 3.63) is 54.2 Å². The zero-order valence-corrected chi connectivity index (χ0v) is 11.6. The Morgan fingerprint density at radius 1 is 1.25 bits per heavy atom. The molecule has 1 amide bonds. The zero-order valence-electron chi connectivity index (χ0n) is 11.6. The molecule has 0 aliphatic rings. The summed E-state index contributed by atoms with van der Waals surface area (Å²) >= 11 is 0. The van der Waals surface area contributed by atoms with Gasteiger partial charge in [0.15, 0.2) is 0 Å². The SMILES string of the molecule is CCCCN(C(=O)c1ccnc(N)c1)c1ccccc1. The number of nitrogen functional groups attached to an aromatic ring is 1. The average molecular weight is 269 g/mol. The van der Waals surface area contributed by atoms with Crippen molar-refractivity contribution in [1.82, 2.24) is 4.98 Å². The van der Waals surface area contributed by atoms with Gasteiger partial charge in [-0.05, 0) is 30.7 Å². The van der Waals surface area contributed by atoms with Crippen molar-refractivity contribution in [2.24, 2.45) is 0 Å². The minimum Gasteiger partial charge on any atom is -0.384 e. The molecule has 1 heterocycles. The summed E-state index contributed by atoms with van der Waals surface area (Å²) in [5.41, 5.74) is 7.12. The predicted octanol–water partition coefficient (Wildman–Crippen LogP) is 3.11. The Balaban J connectivity index is 2.29. The Bertz CT molecular complexity index is 569. The van der Waals surface area contributed by atoms with Crippen molar-refractivity contribution in [2.45, 2.75) is 19.8 Å². The summed E-state index contributed by atoms with van der Waals surface area (Å²) in [6, 6.07) is 13.0. The van der Waals surface area contributed by atoms with E-state index in [4.69, 9.17) is 5.73 Å². The number of anilines is 2. The van der Waals surface area contributed by atoms with Gasteiger partial charge in [-0.25, -0.2) is 4.98 Å². The monoisotopic (exact) mass is 269 g/mol. The fourth-order valence-corrected chi connectivity index (χ4v) is 2.01. The fourth-order valence-electron chi connectivity index (χ4n) is 2.01. The highest BCUT2D eigenvalue weighted by atomic mass is 16.2. The molecule has 0 saturated heterocycles. The maximum atomic E-state index is 12.6. The number of amides is 1. The standard InChI is InChI=1S/C16H19N3O/c1-2-3-11-19(14-7-5-4-6-8-14)16(20)13-9-10-18-15(17)12-13/h4-10,12H,2-3,11H2,1H3,(H2,17,18). The second-order valence-electron chi connectivity index (χ2n) is 4.62. The van der Waals surface area contributed by atoms with E-state index in [-0.39, 0.29) is 5.91 Å². The third-order valence-corrected chi connectivity index (χ3v) is 3.08. The summed E-state index contributed by atoms with van der Waals surface area (Å²) in [4.78, 5) is 18.4. The van der Waals surface area contributed by atoms with Crippen molar-refractivity contribution in [2.75, 3.05) is 17.2 Å². The number of pyridine rings is 1. The first-order valence-electron chi connectivity index (χ1n) is 6.81. The molecule has 0 spiro atoms.